The zero-order valence-electron chi connectivity index (χ0n) is 16.8. The molecular weight excluding hydrogens is 383 g/mol. The van der Waals surface area contributed by atoms with Crippen molar-refractivity contribution in [3.8, 4) is 0 Å². The third-order valence-electron chi connectivity index (χ3n) is 5.84. The summed E-state index contributed by atoms with van der Waals surface area (Å²) < 4.78 is 16.5. The number of unbranched alkanes of at least 4 members (excludes halogenated alkanes) is 1. The highest BCUT2D eigenvalue weighted by Crippen LogP contribution is 2.32. The third kappa shape index (κ3) is 4.08. The standard InChI is InChI=1S/C24H25FN2O3/c25-20-9-3-1-7-17(20)15-27-21-10-4-2-8-18(21)19-13-14-26(16-22(19)27)23(28)11-5-6-12-24(29)30/h1-4,7-10H,5-6,11-16H2,(H,29,30). The smallest absolute Gasteiger partial charge is 0.303 e. The molecule has 0 saturated heterocycles. The summed E-state index contributed by atoms with van der Waals surface area (Å²) in [6, 6.07) is 14.9. The number of aromatic nitrogens is 1. The number of benzene rings is 2. The first-order chi connectivity index (χ1) is 14.5. The number of rotatable bonds is 7. The highest BCUT2D eigenvalue weighted by molar-refractivity contribution is 5.86. The molecule has 0 saturated carbocycles. The number of carbonyl (C=O) groups excluding carboxylic acids is 1. The summed E-state index contributed by atoms with van der Waals surface area (Å²) in [6.07, 6.45) is 2.30. The van der Waals surface area contributed by atoms with Crippen LogP contribution in [0.25, 0.3) is 10.9 Å². The molecule has 156 valence electrons. The summed E-state index contributed by atoms with van der Waals surface area (Å²) in [5, 5.41) is 9.92. The van der Waals surface area contributed by atoms with E-state index in [2.05, 4.69) is 10.6 Å². The van der Waals surface area contributed by atoms with Gasteiger partial charge in [-0.2, -0.15) is 0 Å². The van der Waals surface area contributed by atoms with Gasteiger partial charge in [0.2, 0.25) is 5.91 Å². The van der Waals surface area contributed by atoms with Gasteiger partial charge < -0.3 is 14.6 Å². The molecular formula is C24H25FN2O3. The van der Waals surface area contributed by atoms with Gasteiger partial charge in [-0.3, -0.25) is 9.59 Å². The molecule has 1 amide bonds. The average molecular weight is 408 g/mol. The number of halogens is 1. The molecule has 0 spiro atoms. The quantitative estimate of drug-likeness (QED) is 0.591. The summed E-state index contributed by atoms with van der Waals surface area (Å²) in [6.45, 7) is 1.57. The van der Waals surface area contributed by atoms with Crippen LogP contribution in [0.15, 0.2) is 48.5 Å². The predicted octanol–water partition coefficient (Wildman–Crippen LogP) is 4.36. The molecule has 6 heteroatoms. The minimum atomic E-state index is -0.831. The summed E-state index contributed by atoms with van der Waals surface area (Å²) in [5.41, 5.74) is 3.97. The molecule has 0 aliphatic carbocycles. The number of fused-ring (bicyclic) bond motifs is 3. The van der Waals surface area contributed by atoms with E-state index in [-0.39, 0.29) is 18.1 Å². The van der Waals surface area contributed by atoms with Crippen molar-refractivity contribution in [2.45, 2.75) is 45.2 Å². The first-order valence-electron chi connectivity index (χ1n) is 10.4. The van der Waals surface area contributed by atoms with Crippen molar-refractivity contribution in [2.75, 3.05) is 6.54 Å². The van der Waals surface area contributed by atoms with E-state index in [9.17, 15) is 14.0 Å². The number of carbonyl (C=O) groups is 2. The van der Waals surface area contributed by atoms with Crippen molar-refractivity contribution in [1.82, 2.24) is 9.47 Å². The first-order valence-corrected chi connectivity index (χ1v) is 10.4. The van der Waals surface area contributed by atoms with Crippen molar-refractivity contribution < 1.29 is 19.1 Å². The fourth-order valence-electron chi connectivity index (χ4n) is 4.30. The first kappa shape index (κ1) is 20.1. The zero-order chi connectivity index (χ0) is 21.1. The van der Waals surface area contributed by atoms with Crippen LogP contribution in [0.3, 0.4) is 0 Å². The lowest BCUT2D eigenvalue weighted by Crippen LogP contribution is -2.36. The van der Waals surface area contributed by atoms with Crippen LogP contribution >= 0.6 is 0 Å². The number of aliphatic carboxylic acids is 1. The third-order valence-corrected chi connectivity index (χ3v) is 5.84. The highest BCUT2D eigenvalue weighted by Gasteiger charge is 2.26. The van der Waals surface area contributed by atoms with Gasteiger partial charge >= 0.3 is 5.97 Å². The van der Waals surface area contributed by atoms with E-state index in [1.54, 1.807) is 12.1 Å². The van der Waals surface area contributed by atoms with Crippen LogP contribution in [0.2, 0.25) is 0 Å². The van der Waals surface area contributed by atoms with Crippen LogP contribution in [-0.4, -0.2) is 33.0 Å². The monoisotopic (exact) mass is 408 g/mol. The van der Waals surface area contributed by atoms with Crippen molar-refractivity contribution in [1.29, 1.82) is 0 Å². The minimum Gasteiger partial charge on any atom is -0.481 e. The van der Waals surface area contributed by atoms with Gasteiger partial charge in [-0.05, 0) is 37.0 Å². The van der Waals surface area contributed by atoms with Gasteiger partial charge in [0, 0.05) is 41.5 Å². The molecule has 3 aromatic rings. The highest BCUT2D eigenvalue weighted by atomic mass is 19.1. The molecule has 0 unspecified atom stereocenters. The number of carboxylic acid groups (broad SMARTS) is 1. The van der Waals surface area contributed by atoms with Crippen molar-refractivity contribution in [3.63, 3.8) is 0 Å². The van der Waals surface area contributed by atoms with E-state index >= 15 is 0 Å². The Morgan fingerprint density at radius 1 is 1.00 bits per heavy atom. The van der Waals surface area contributed by atoms with Gasteiger partial charge in [0.05, 0.1) is 13.1 Å². The van der Waals surface area contributed by atoms with E-state index in [0.29, 0.717) is 44.5 Å². The number of hydrogen-bond acceptors (Lipinski definition) is 2. The van der Waals surface area contributed by atoms with E-state index in [1.807, 2.05) is 29.2 Å². The molecule has 1 aromatic heterocycles. The van der Waals surface area contributed by atoms with Crippen LogP contribution in [0.1, 0.15) is 42.5 Å². The van der Waals surface area contributed by atoms with Crippen molar-refractivity contribution >= 4 is 22.8 Å². The van der Waals surface area contributed by atoms with E-state index in [1.165, 1.54) is 11.6 Å². The molecule has 0 fully saturated rings. The zero-order valence-corrected chi connectivity index (χ0v) is 16.8. The number of nitrogens with zero attached hydrogens (tertiary/aromatic N) is 2. The van der Waals surface area contributed by atoms with Crippen LogP contribution in [0.4, 0.5) is 4.39 Å². The number of amides is 1. The van der Waals surface area contributed by atoms with Crippen molar-refractivity contribution in [2.24, 2.45) is 0 Å². The van der Waals surface area contributed by atoms with Gasteiger partial charge in [-0.15, -0.1) is 0 Å². The normalized spacial score (nSPS) is 13.4. The molecule has 5 nitrogen and oxygen atoms in total. The lowest BCUT2D eigenvalue weighted by atomic mass is 10.0. The average Bonchev–Trinajstić information content (AvgIpc) is 3.06. The van der Waals surface area contributed by atoms with Crippen molar-refractivity contribution in [3.05, 3.63) is 71.2 Å². The Labute approximate surface area is 174 Å². The fraction of sp³-hybridized carbons (Fsp3) is 0.333. The molecule has 1 aliphatic heterocycles. The SMILES string of the molecule is O=C(O)CCCCC(=O)N1CCc2c(n(Cc3ccccc3F)c3ccccc23)C1. The largest absolute Gasteiger partial charge is 0.481 e. The molecule has 0 bridgehead atoms. The molecule has 0 radical (unpaired) electrons. The van der Waals surface area contributed by atoms with E-state index in [4.69, 9.17) is 5.11 Å². The van der Waals surface area contributed by atoms with Gasteiger partial charge in [0.15, 0.2) is 0 Å². The van der Waals surface area contributed by atoms with Gasteiger partial charge in [0.1, 0.15) is 5.82 Å². The molecule has 30 heavy (non-hydrogen) atoms. The number of carboxylic acids is 1. The predicted molar refractivity (Wildman–Crippen MR) is 113 cm³/mol. The maximum Gasteiger partial charge on any atom is 0.303 e. The second-order valence-corrected chi connectivity index (χ2v) is 7.79. The Kier molecular flexibility index (Phi) is 5.84. The Hall–Kier alpha value is -3.15. The Bertz CT molecular complexity index is 1090. The topological polar surface area (TPSA) is 62.5 Å². The Morgan fingerprint density at radius 3 is 2.53 bits per heavy atom. The summed E-state index contributed by atoms with van der Waals surface area (Å²) in [4.78, 5) is 25.2. The summed E-state index contributed by atoms with van der Waals surface area (Å²) in [7, 11) is 0. The second-order valence-electron chi connectivity index (χ2n) is 7.79. The lowest BCUT2D eigenvalue weighted by molar-refractivity contribution is -0.137. The van der Waals surface area contributed by atoms with Gasteiger partial charge in [0.25, 0.3) is 0 Å². The van der Waals surface area contributed by atoms with Crippen LogP contribution < -0.4 is 0 Å². The maximum atomic E-state index is 14.3. The van der Waals surface area contributed by atoms with E-state index < -0.39 is 5.97 Å². The van der Waals surface area contributed by atoms with Gasteiger partial charge in [-0.25, -0.2) is 4.39 Å². The molecule has 0 atom stereocenters. The number of para-hydroxylation sites is 1. The molecule has 2 heterocycles. The summed E-state index contributed by atoms with van der Waals surface area (Å²) >= 11 is 0. The van der Waals surface area contributed by atoms with E-state index in [0.717, 1.165) is 23.0 Å². The van der Waals surface area contributed by atoms with Crippen LogP contribution in [-0.2, 0) is 29.1 Å². The molecule has 2 aromatic carbocycles. The Morgan fingerprint density at radius 2 is 1.73 bits per heavy atom. The second kappa shape index (κ2) is 8.69. The fourth-order valence-corrected chi connectivity index (χ4v) is 4.30. The lowest BCUT2D eigenvalue weighted by Gasteiger charge is -2.29. The molecule has 1 N–H and O–H groups in total. The summed E-state index contributed by atoms with van der Waals surface area (Å²) in [5.74, 6) is -1.01. The maximum absolute atomic E-state index is 14.3. The molecule has 1 aliphatic rings. The number of hydrogen-bond donors (Lipinski definition) is 1. The molecule has 4 rings (SSSR count). The van der Waals surface area contributed by atoms with Crippen LogP contribution in [0.5, 0.6) is 0 Å². The van der Waals surface area contributed by atoms with Crippen LogP contribution in [0, 0.1) is 5.82 Å². The minimum absolute atomic E-state index is 0.0498. The Balaban J connectivity index is 1.59. The van der Waals surface area contributed by atoms with Gasteiger partial charge in [-0.1, -0.05) is 36.4 Å².